The zero-order chi connectivity index (χ0) is 6.43. The Labute approximate surface area is 57.2 Å². The number of fused-ring (bicyclic) bond motifs is 1. The van der Waals surface area contributed by atoms with Crippen LogP contribution in [0.25, 0.3) is 0 Å². The highest BCUT2D eigenvalue weighted by Crippen LogP contribution is 2.28. The molecule has 4 heteroatoms. The molecule has 2 aliphatic heterocycles. The molecule has 0 radical (unpaired) electrons. The van der Waals surface area contributed by atoms with Crippen LogP contribution in [0.5, 0.6) is 0 Å². The van der Waals surface area contributed by atoms with Crippen molar-refractivity contribution in [3.05, 3.63) is 0 Å². The lowest BCUT2D eigenvalue weighted by molar-refractivity contribution is 0.253. The lowest BCUT2D eigenvalue weighted by atomic mass is 10.4. The molecule has 0 saturated carbocycles. The van der Waals surface area contributed by atoms with E-state index in [4.69, 9.17) is 0 Å². The van der Waals surface area contributed by atoms with Crippen LogP contribution < -0.4 is 0 Å². The van der Waals surface area contributed by atoms with Crippen LogP contribution in [-0.2, 0) is 11.0 Å². The number of likely N-dealkylation sites (N-methyl/N-ethyl adjacent to an activating group) is 1. The molecule has 2 heterocycles. The topological polar surface area (TPSA) is 23.3 Å². The summed E-state index contributed by atoms with van der Waals surface area (Å²) in [6.07, 6.45) is 0. The molecule has 52 valence electrons. The second-order valence-corrected chi connectivity index (χ2v) is 4.20. The predicted octanol–water partition coefficient (Wildman–Crippen LogP) is -0.763. The van der Waals surface area contributed by atoms with Gasteiger partial charge >= 0.3 is 0 Å². The maximum atomic E-state index is 10.9. The molecule has 0 bridgehead atoms. The molecule has 0 aromatic rings. The first-order valence-corrected chi connectivity index (χ1v) is 4.32. The van der Waals surface area contributed by atoms with Crippen molar-refractivity contribution in [3.8, 4) is 0 Å². The van der Waals surface area contributed by atoms with E-state index in [2.05, 4.69) is 11.9 Å². The molecule has 3 nitrogen and oxygen atoms in total. The van der Waals surface area contributed by atoms with Crippen molar-refractivity contribution < 1.29 is 4.21 Å². The molecule has 0 spiro atoms. The Morgan fingerprint density at radius 1 is 1.56 bits per heavy atom. The van der Waals surface area contributed by atoms with Crippen LogP contribution in [-0.4, -0.2) is 45.5 Å². The van der Waals surface area contributed by atoms with E-state index in [9.17, 15) is 4.21 Å². The van der Waals surface area contributed by atoms with Gasteiger partial charge in [0.25, 0.3) is 0 Å². The minimum absolute atomic E-state index is 0.378. The van der Waals surface area contributed by atoms with Gasteiger partial charge in [-0.1, -0.05) is 0 Å². The van der Waals surface area contributed by atoms with Gasteiger partial charge in [-0.15, -0.1) is 0 Å². The summed E-state index contributed by atoms with van der Waals surface area (Å²) in [4.78, 5) is 2.23. The maximum absolute atomic E-state index is 10.9. The van der Waals surface area contributed by atoms with E-state index in [-0.39, 0.29) is 0 Å². The lowest BCUT2D eigenvalue weighted by Gasteiger charge is -2.18. The van der Waals surface area contributed by atoms with Crippen LogP contribution in [0.2, 0.25) is 0 Å². The molecule has 2 fully saturated rings. The van der Waals surface area contributed by atoms with Gasteiger partial charge in [0.1, 0.15) is 16.4 Å². The van der Waals surface area contributed by atoms with Gasteiger partial charge in [0.2, 0.25) is 0 Å². The van der Waals surface area contributed by atoms with Gasteiger partial charge in [-0.25, -0.2) is 8.51 Å². The Kier molecular flexibility index (Phi) is 1.15. The van der Waals surface area contributed by atoms with E-state index >= 15 is 0 Å². The lowest BCUT2D eigenvalue weighted by Crippen LogP contribution is -2.35. The molecular formula is C5H10N2OS. The monoisotopic (exact) mass is 146 g/mol. The van der Waals surface area contributed by atoms with E-state index in [1.54, 1.807) is 0 Å². The minimum Gasteiger partial charge on any atom is -0.302 e. The van der Waals surface area contributed by atoms with Crippen molar-refractivity contribution in [1.29, 1.82) is 0 Å². The summed E-state index contributed by atoms with van der Waals surface area (Å²) in [5.74, 6) is 0. The first-order valence-electron chi connectivity index (χ1n) is 3.15. The Bertz CT molecular complexity index is 161. The van der Waals surface area contributed by atoms with Gasteiger partial charge in [-0.2, -0.15) is 0 Å². The number of nitrogens with zero attached hydrogens (tertiary/aromatic N) is 2. The third kappa shape index (κ3) is 0.818. The summed E-state index contributed by atoms with van der Waals surface area (Å²) in [7, 11) is 1.47. The summed E-state index contributed by atoms with van der Waals surface area (Å²) < 4.78 is 12.9. The zero-order valence-electron chi connectivity index (χ0n) is 5.41. The molecule has 0 amide bonds. The van der Waals surface area contributed by atoms with Crippen LogP contribution >= 0.6 is 0 Å². The number of rotatable bonds is 0. The Hall–Kier alpha value is 0.0700. The van der Waals surface area contributed by atoms with Crippen LogP contribution in [0.1, 0.15) is 0 Å². The third-order valence-corrected chi connectivity index (χ3v) is 3.46. The Morgan fingerprint density at radius 3 is 2.89 bits per heavy atom. The molecule has 3 unspecified atom stereocenters. The van der Waals surface area contributed by atoms with E-state index in [1.165, 1.54) is 0 Å². The largest absolute Gasteiger partial charge is 0.302 e. The fraction of sp³-hybridized carbons (Fsp3) is 1.00. The van der Waals surface area contributed by atoms with Crippen molar-refractivity contribution >= 4 is 11.0 Å². The summed E-state index contributed by atoms with van der Waals surface area (Å²) in [6, 6.07) is 0. The molecule has 2 saturated heterocycles. The van der Waals surface area contributed by atoms with Gasteiger partial charge in [0.15, 0.2) is 0 Å². The Morgan fingerprint density at radius 2 is 2.33 bits per heavy atom. The smallest absolute Gasteiger partial charge is 0.125 e. The van der Waals surface area contributed by atoms with Crippen molar-refractivity contribution in [1.82, 2.24) is 9.21 Å². The number of piperazine rings is 1. The normalized spacial score (nSPS) is 50.6. The molecule has 0 aromatic carbocycles. The average Bonchev–Trinajstić information content (AvgIpc) is 2.43. The maximum Gasteiger partial charge on any atom is 0.125 e. The van der Waals surface area contributed by atoms with Gasteiger partial charge in [-0.3, -0.25) is 0 Å². The molecule has 3 atom stereocenters. The molecule has 2 rings (SSSR count). The second kappa shape index (κ2) is 1.78. The fourth-order valence-corrected chi connectivity index (χ4v) is 2.56. The van der Waals surface area contributed by atoms with Crippen molar-refractivity contribution in [2.75, 3.05) is 26.7 Å². The number of hydrogen-bond acceptors (Lipinski definition) is 2. The van der Waals surface area contributed by atoms with Crippen LogP contribution in [0.3, 0.4) is 0 Å². The molecule has 9 heavy (non-hydrogen) atoms. The Balaban J connectivity index is 2.03. The second-order valence-electron chi connectivity index (χ2n) is 2.63. The van der Waals surface area contributed by atoms with Crippen LogP contribution in [0, 0.1) is 0 Å². The van der Waals surface area contributed by atoms with Crippen LogP contribution in [0.4, 0.5) is 0 Å². The van der Waals surface area contributed by atoms with Gasteiger partial charge in [-0.05, 0) is 7.05 Å². The standard InChI is InChI=1S/C5H10N2OS/c1-6-2-3-7-5(4-6)9(7)8/h5H,2-4H2,1H3. The first-order chi connectivity index (χ1) is 4.29. The third-order valence-electron chi connectivity index (χ3n) is 1.91. The fourth-order valence-electron chi connectivity index (χ4n) is 1.22. The highest BCUT2D eigenvalue weighted by atomic mass is 32.2. The summed E-state index contributed by atoms with van der Waals surface area (Å²) in [5, 5.41) is 0.378. The van der Waals surface area contributed by atoms with E-state index in [0.29, 0.717) is 5.37 Å². The van der Waals surface area contributed by atoms with Gasteiger partial charge in [0, 0.05) is 19.6 Å². The zero-order valence-corrected chi connectivity index (χ0v) is 6.23. The van der Waals surface area contributed by atoms with E-state index in [1.807, 2.05) is 4.31 Å². The van der Waals surface area contributed by atoms with Crippen LogP contribution in [0.15, 0.2) is 0 Å². The molecule has 0 aromatic heterocycles. The summed E-state index contributed by atoms with van der Waals surface area (Å²) >= 11 is 0. The van der Waals surface area contributed by atoms with E-state index in [0.717, 1.165) is 19.6 Å². The highest BCUT2D eigenvalue weighted by molar-refractivity contribution is 7.89. The quantitative estimate of drug-likeness (QED) is 0.419. The number of hydrogen-bond donors (Lipinski definition) is 0. The van der Waals surface area contributed by atoms with E-state index < -0.39 is 11.0 Å². The summed E-state index contributed by atoms with van der Waals surface area (Å²) in [6.45, 7) is 3.06. The van der Waals surface area contributed by atoms with Crippen molar-refractivity contribution in [3.63, 3.8) is 0 Å². The highest BCUT2D eigenvalue weighted by Gasteiger charge is 2.47. The minimum atomic E-state index is -0.603. The van der Waals surface area contributed by atoms with Gasteiger partial charge in [0.05, 0.1) is 0 Å². The molecule has 2 aliphatic rings. The van der Waals surface area contributed by atoms with Crippen molar-refractivity contribution in [2.45, 2.75) is 5.37 Å². The van der Waals surface area contributed by atoms with Crippen molar-refractivity contribution in [2.24, 2.45) is 0 Å². The first kappa shape index (κ1) is 5.82. The molecular weight excluding hydrogens is 136 g/mol. The predicted molar refractivity (Wildman–Crippen MR) is 36.1 cm³/mol. The molecule has 0 N–H and O–H groups in total. The average molecular weight is 146 g/mol. The summed E-state index contributed by atoms with van der Waals surface area (Å²) in [5.41, 5.74) is 0. The van der Waals surface area contributed by atoms with Gasteiger partial charge < -0.3 is 4.90 Å². The molecule has 0 aliphatic carbocycles. The SMILES string of the molecule is CN1CCN2C(C1)S2=O.